The van der Waals surface area contributed by atoms with Gasteiger partial charge in [0.2, 0.25) is 0 Å². The first-order valence-corrected chi connectivity index (χ1v) is 7.78. The topological polar surface area (TPSA) is 76.1 Å². The fraction of sp³-hybridized carbons (Fsp3) is 0.529. The Morgan fingerprint density at radius 2 is 2.22 bits per heavy atom. The number of hydrogen-bond acceptors (Lipinski definition) is 4. The highest BCUT2D eigenvalue weighted by Gasteiger charge is 2.24. The molecular weight excluding hydrogens is 298 g/mol. The summed E-state index contributed by atoms with van der Waals surface area (Å²) in [6, 6.07) is 5.26. The minimum atomic E-state index is -0.920. The van der Waals surface area contributed by atoms with E-state index in [1.165, 1.54) is 0 Å². The summed E-state index contributed by atoms with van der Waals surface area (Å²) >= 11 is 0. The van der Waals surface area contributed by atoms with Crippen LogP contribution in [0, 0.1) is 6.92 Å². The Kier molecular flexibility index (Phi) is 5.98. The number of aliphatic carboxylic acids is 1. The number of hydrogen-bond donors (Lipinski definition) is 1. The minimum Gasteiger partial charge on any atom is -0.496 e. The Balaban J connectivity index is 2.14. The predicted octanol–water partition coefficient (Wildman–Crippen LogP) is 2.10. The van der Waals surface area contributed by atoms with E-state index in [1.807, 2.05) is 13.0 Å². The van der Waals surface area contributed by atoms with Crippen LogP contribution in [-0.2, 0) is 9.53 Å². The quantitative estimate of drug-likeness (QED) is 0.832. The van der Waals surface area contributed by atoms with Crippen molar-refractivity contribution in [2.45, 2.75) is 32.3 Å². The molecule has 0 aromatic heterocycles. The highest BCUT2D eigenvalue weighted by Crippen LogP contribution is 2.21. The van der Waals surface area contributed by atoms with Crippen LogP contribution in [0.4, 0.5) is 0 Å². The molecule has 1 saturated heterocycles. The fourth-order valence-corrected chi connectivity index (χ4v) is 2.68. The normalized spacial score (nSPS) is 17.0. The maximum Gasteiger partial charge on any atom is 0.305 e. The molecule has 23 heavy (non-hydrogen) atoms. The zero-order chi connectivity index (χ0) is 16.8. The molecule has 0 spiro atoms. The molecule has 1 amide bonds. The summed E-state index contributed by atoms with van der Waals surface area (Å²) in [5.41, 5.74) is 1.44. The summed E-state index contributed by atoms with van der Waals surface area (Å²) in [4.78, 5) is 25.2. The number of methoxy groups -OCH3 is 1. The lowest BCUT2D eigenvalue weighted by molar-refractivity contribution is -0.137. The third kappa shape index (κ3) is 4.69. The number of carbonyl (C=O) groups excluding carboxylic acids is 1. The van der Waals surface area contributed by atoms with Crippen LogP contribution >= 0.6 is 0 Å². The largest absolute Gasteiger partial charge is 0.496 e. The third-order valence-electron chi connectivity index (χ3n) is 3.99. The standard InChI is InChI=1S/C17H23NO5/c1-12-5-6-13(10-15(12)22-2)17(21)18(8-7-16(19)20)11-14-4-3-9-23-14/h5-6,10,14H,3-4,7-9,11H2,1-2H3,(H,19,20)/t14-/m1/s1. The molecule has 126 valence electrons. The number of ether oxygens (including phenoxy) is 2. The summed E-state index contributed by atoms with van der Waals surface area (Å²) in [6.07, 6.45) is 1.78. The average Bonchev–Trinajstić information content (AvgIpc) is 3.04. The molecule has 1 atom stereocenters. The van der Waals surface area contributed by atoms with Gasteiger partial charge >= 0.3 is 5.97 Å². The molecule has 2 rings (SSSR count). The summed E-state index contributed by atoms with van der Waals surface area (Å²) < 4.78 is 10.8. The van der Waals surface area contributed by atoms with Crippen molar-refractivity contribution >= 4 is 11.9 Å². The smallest absolute Gasteiger partial charge is 0.305 e. The highest BCUT2D eigenvalue weighted by atomic mass is 16.5. The molecule has 1 aromatic rings. The van der Waals surface area contributed by atoms with Crippen LogP contribution in [0.2, 0.25) is 0 Å². The molecule has 6 heteroatoms. The van der Waals surface area contributed by atoms with E-state index in [4.69, 9.17) is 14.6 Å². The second-order valence-corrected chi connectivity index (χ2v) is 5.71. The molecule has 1 fully saturated rings. The van der Waals surface area contributed by atoms with Gasteiger partial charge in [0, 0.05) is 25.3 Å². The van der Waals surface area contributed by atoms with E-state index in [1.54, 1.807) is 24.1 Å². The van der Waals surface area contributed by atoms with Gasteiger partial charge in [-0.15, -0.1) is 0 Å². The lowest BCUT2D eigenvalue weighted by atomic mass is 10.1. The average molecular weight is 321 g/mol. The van der Waals surface area contributed by atoms with Crippen molar-refractivity contribution < 1.29 is 24.2 Å². The number of benzene rings is 1. The minimum absolute atomic E-state index is 0.0138. The number of aryl methyl sites for hydroxylation is 1. The molecule has 1 aromatic carbocycles. The lowest BCUT2D eigenvalue weighted by Crippen LogP contribution is -2.38. The van der Waals surface area contributed by atoms with E-state index in [0.717, 1.165) is 18.4 Å². The van der Waals surface area contributed by atoms with E-state index >= 15 is 0 Å². The summed E-state index contributed by atoms with van der Waals surface area (Å²) in [5, 5.41) is 8.90. The molecule has 0 saturated carbocycles. The lowest BCUT2D eigenvalue weighted by Gasteiger charge is -2.25. The van der Waals surface area contributed by atoms with Crippen molar-refractivity contribution in [2.24, 2.45) is 0 Å². The maximum atomic E-state index is 12.7. The molecule has 0 unspecified atom stereocenters. The molecule has 0 aliphatic carbocycles. The van der Waals surface area contributed by atoms with Crippen molar-refractivity contribution in [3.05, 3.63) is 29.3 Å². The molecular formula is C17H23NO5. The first kappa shape index (κ1) is 17.3. The Morgan fingerprint density at radius 1 is 1.43 bits per heavy atom. The van der Waals surface area contributed by atoms with Crippen LogP contribution in [0.5, 0.6) is 5.75 Å². The van der Waals surface area contributed by atoms with Crippen LogP contribution in [0.25, 0.3) is 0 Å². The Bertz CT molecular complexity index is 566. The van der Waals surface area contributed by atoms with Gasteiger partial charge in [-0.3, -0.25) is 9.59 Å². The molecule has 6 nitrogen and oxygen atoms in total. The van der Waals surface area contributed by atoms with Crippen LogP contribution < -0.4 is 4.74 Å². The van der Waals surface area contributed by atoms with Gasteiger partial charge in [0.15, 0.2) is 0 Å². The Morgan fingerprint density at radius 3 is 2.83 bits per heavy atom. The predicted molar refractivity (Wildman–Crippen MR) is 84.9 cm³/mol. The van der Waals surface area contributed by atoms with Crippen LogP contribution in [0.3, 0.4) is 0 Å². The van der Waals surface area contributed by atoms with E-state index < -0.39 is 5.97 Å². The second kappa shape index (κ2) is 7.97. The van der Waals surface area contributed by atoms with Crippen molar-refractivity contribution in [1.29, 1.82) is 0 Å². The van der Waals surface area contributed by atoms with Crippen molar-refractivity contribution in [1.82, 2.24) is 4.90 Å². The SMILES string of the molecule is COc1cc(C(=O)N(CCC(=O)O)C[C@H]2CCCO2)ccc1C. The van der Waals surface area contributed by atoms with E-state index in [-0.39, 0.29) is 25.0 Å². The Labute approximate surface area is 136 Å². The van der Waals surface area contributed by atoms with Crippen molar-refractivity contribution in [3.63, 3.8) is 0 Å². The van der Waals surface area contributed by atoms with Crippen molar-refractivity contribution in [2.75, 3.05) is 26.8 Å². The van der Waals surface area contributed by atoms with Gasteiger partial charge in [-0.05, 0) is 37.5 Å². The zero-order valence-electron chi connectivity index (χ0n) is 13.6. The second-order valence-electron chi connectivity index (χ2n) is 5.71. The van der Waals surface area contributed by atoms with E-state index in [2.05, 4.69) is 0 Å². The van der Waals surface area contributed by atoms with Gasteiger partial charge in [-0.25, -0.2) is 0 Å². The number of carboxylic acids is 1. The van der Waals surface area contributed by atoms with Crippen LogP contribution in [0.1, 0.15) is 35.2 Å². The first-order chi connectivity index (χ1) is 11.0. The van der Waals surface area contributed by atoms with Gasteiger partial charge in [0.25, 0.3) is 5.91 Å². The van der Waals surface area contributed by atoms with Gasteiger partial charge < -0.3 is 19.5 Å². The fourth-order valence-electron chi connectivity index (χ4n) is 2.68. The first-order valence-electron chi connectivity index (χ1n) is 7.78. The third-order valence-corrected chi connectivity index (χ3v) is 3.99. The highest BCUT2D eigenvalue weighted by molar-refractivity contribution is 5.95. The molecule has 0 radical (unpaired) electrons. The number of rotatable bonds is 7. The van der Waals surface area contributed by atoms with Crippen molar-refractivity contribution in [3.8, 4) is 5.75 Å². The zero-order valence-corrected chi connectivity index (χ0v) is 13.6. The summed E-state index contributed by atoms with van der Waals surface area (Å²) in [7, 11) is 1.56. The maximum absolute atomic E-state index is 12.7. The molecule has 1 N–H and O–H groups in total. The van der Waals surface area contributed by atoms with Gasteiger partial charge in [-0.1, -0.05) is 6.07 Å². The van der Waals surface area contributed by atoms with Crippen LogP contribution in [0.15, 0.2) is 18.2 Å². The monoisotopic (exact) mass is 321 g/mol. The molecule has 1 heterocycles. The van der Waals surface area contributed by atoms with E-state index in [9.17, 15) is 9.59 Å². The Hall–Kier alpha value is -2.08. The number of amides is 1. The summed E-state index contributed by atoms with van der Waals surface area (Å²) in [6.45, 7) is 3.19. The molecule has 1 aliphatic rings. The number of nitrogens with zero attached hydrogens (tertiary/aromatic N) is 1. The van der Waals surface area contributed by atoms with Crippen LogP contribution in [-0.4, -0.2) is 54.8 Å². The number of carbonyl (C=O) groups is 2. The number of carboxylic acid groups (broad SMARTS) is 1. The molecule has 1 aliphatic heterocycles. The summed E-state index contributed by atoms with van der Waals surface area (Å²) in [5.74, 6) is -0.470. The van der Waals surface area contributed by atoms with Gasteiger partial charge in [0.05, 0.1) is 19.6 Å². The van der Waals surface area contributed by atoms with E-state index in [0.29, 0.717) is 24.5 Å². The van der Waals surface area contributed by atoms with Gasteiger partial charge in [-0.2, -0.15) is 0 Å². The van der Waals surface area contributed by atoms with Gasteiger partial charge in [0.1, 0.15) is 5.75 Å². The molecule has 0 bridgehead atoms.